The molecule has 5 aromatic rings. The molecule has 0 aliphatic heterocycles. The first-order valence-electron chi connectivity index (χ1n) is 12.0. The number of rotatable bonds is 8. The summed E-state index contributed by atoms with van der Waals surface area (Å²) in [6.07, 6.45) is 0.582. The van der Waals surface area contributed by atoms with Gasteiger partial charge in [-0.2, -0.15) is 5.10 Å². The zero-order chi connectivity index (χ0) is 26.5. The van der Waals surface area contributed by atoms with Gasteiger partial charge in [-0.15, -0.1) is 0 Å². The minimum absolute atomic E-state index is 0.102. The normalized spacial score (nSPS) is 11.6. The number of aromatic nitrogens is 2. The number of non-ortho nitro benzene ring substituents is 1. The molecule has 1 aromatic heterocycles. The zero-order valence-electron chi connectivity index (χ0n) is 20.2. The third-order valence-corrected chi connectivity index (χ3v) is 6.50. The molecule has 5 rings (SSSR count). The minimum atomic E-state index is -0.479. The zero-order valence-corrected chi connectivity index (χ0v) is 21.0. The molecule has 0 fully saturated rings. The Morgan fingerprint density at radius 3 is 2.29 bits per heavy atom. The smallest absolute Gasteiger partial charge is 0.271 e. The van der Waals surface area contributed by atoms with Crippen LogP contribution in [0.25, 0.3) is 16.9 Å². The molecule has 0 aliphatic carbocycles. The van der Waals surface area contributed by atoms with Gasteiger partial charge in [0.15, 0.2) is 0 Å². The largest absolute Gasteiger partial charge is 0.344 e. The summed E-state index contributed by atoms with van der Waals surface area (Å²) in [4.78, 5) is 24.8. The second-order valence-corrected chi connectivity index (χ2v) is 9.12. The Balaban J connectivity index is 1.57. The lowest BCUT2D eigenvalue weighted by molar-refractivity contribution is -0.384. The summed E-state index contributed by atoms with van der Waals surface area (Å²) in [7, 11) is 0. The summed E-state index contributed by atoms with van der Waals surface area (Å²) < 4.78 is 1.42. The van der Waals surface area contributed by atoms with Gasteiger partial charge in [0.05, 0.1) is 27.4 Å². The van der Waals surface area contributed by atoms with Crippen molar-refractivity contribution < 1.29 is 9.72 Å². The van der Waals surface area contributed by atoms with Crippen molar-refractivity contribution in [2.45, 2.75) is 12.5 Å². The lowest BCUT2D eigenvalue weighted by Gasteiger charge is -2.20. The molecule has 38 heavy (non-hydrogen) atoms. The lowest BCUT2D eigenvalue weighted by atomic mass is 9.98. The Hall–Kier alpha value is -4.75. The third kappa shape index (κ3) is 5.48. The fourth-order valence-electron chi connectivity index (χ4n) is 4.30. The quantitative estimate of drug-likeness (QED) is 0.179. The summed E-state index contributed by atoms with van der Waals surface area (Å²) in [5, 5.41) is 19.7. The molecule has 0 radical (unpaired) electrons. The molecule has 8 heteroatoms. The molecular formula is C30H23ClN4O3. The predicted octanol–water partition coefficient (Wildman–Crippen LogP) is 6.81. The Bertz CT molecular complexity index is 1590. The van der Waals surface area contributed by atoms with Crippen LogP contribution in [0.3, 0.4) is 0 Å². The topological polar surface area (TPSA) is 90.1 Å². The van der Waals surface area contributed by atoms with Gasteiger partial charge in [0.2, 0.25) is 0 Å². The van der Waals surface area contributed by atoms with Crippen LogP contribution in [0.5, 0.6) is 0 Å². The molecule has 0 saturated heterocycles. The van der Waals surface area contributed by atoms with Gasteiger partial charge in [0, 0.05) is 17.7 Å². The number of hydrogen-bond donors (Lipinski definition) is 1. The van der Waals surface area contributed by atoms with Crippen LogP contribution in [0.15, 0.2) is 115 Å². The molecule has 1 N–H and O–H groups in total. The third-order valence-electron chi connectivity index (χ3n) is 6.17. The SMILES string of the molecule is O=C(NC(Cc1ccccc1)c1ccccc1)c1cc(-c2ccccc2Cl)nn1-c1cccc([N+](=O)[O-])c1. The highest BCUT2D eigenvalue weighted by Crippen LogP contribution is 2.29. The van der Waals surface area contributed by atoms with E-state index < -0.39 is 4.92 Å². The Morgan fingerprint density at radius 2 is 1.58 bits per heavy atom. The molecule has 188 valence electrons. The first kappa shape index (κ1) is 24.9. The van der Waals surface area contributed by atoms with Crippen LogP contribution in [0.4, 0.5) is 5.69 Å². The van der Waals surface area contributed by atoms with Crippen LogP contribution in [-0.2, 0) is 6.42 Å². The summed E-state index contributed by atoms with van der Waals surface area (Å²) in [6.45, 7) is 0. The Kier molecular flexibility index (Phi) is 7.28. The van der Waals surface area contributed by atoms with Crippen LogP contribution in [0, 0.1) is 10.1 Å². The highest BCUT2D eigenvalue weighted by Gasteiger charge is 2.23. The van der Waals surface area contributed by atoms with Crippen molar-refractivity contribution >= 4 is 23.2 Å². The summed E-state index contributed by atoms with van der Waals surface area (Å²) in [6, 6.07) is 34.2. The number of nitro benzene ring substituents is 1. The predicted molar refractivity (Wildman–Crippen MR) is 147 cm³/mol. The molecule has 1 unspecified atom stereocenters. The van der Waals surface area contributed by atoms with Crippen LogP contribution in [0.1, 0.15) is 27.7 Å². The molecule has 1 atom stereocenters. The molecule has 4 aromatic carbocycles. The van der Waals surface area contributed by atoms with Gasteiger partial charge in [0.25, 0.3) is 11.6 Å². The number of benzene rings is 4. The van der Waals surface area contributed by atoms with Crippen LogP contribution in [-0.4, -0.2) is 20.6 Å². The second kappa shape index (κ2) is 11.1. The Morgan fingerprint density at radius 1 is 0.895 bits per heavy atom. The van der Waals surface area contributed by atoms with E-state index in [9.17, 15) is 14.9 Å². The molecule has 0 aliphatic rings. The van der Waals surface area contributed by atoms with Crippen molar-refractivity contribution in [1.29, 1.82) is 0 Å². The van der Waals surface area contributed by atoms with Gasteiger partial charge in [0.1, 0.15) is 5.69 Å². The van der Waals surface area contributed by atoms with Crippen LogP contribution in [0.2, 0.25) is 5.02 Å². The van der Waals surface area contributed by atoms with E-state index in [4.69, 9.17) is 11.6 Å². The van der Waals surface area contributed by atoms with Gasteiger partial charge < -0.3 is 5.32 Å². The van der Waals surface area contributed by atoms with E-state index in [1.165, 1.54) is 16.8 Å². The molecule has 1 heterocycles. The van der Waals surface area contributed by atoms with Crippen molar-refractivity contribution in [3.8, 4) is 16.9 Å². The van der Waals surface area contributed by atoms with Gasteiger partial charge in [-0.05, 0) is 35.7 Å². The van der Waals surface area contributed by atoms with Crippen LogP contribution < -0.4 is 5.32 Å². The molecule has 0 spiro atoms. The average Bonchev–Trinajstić information content (AvgIpc) is 3.39. The fraction of sp³-hybridized carbons (Fsp3) is 0.0667. The summed E-state index contributed by atoms with van der Waals surface area (Å²) >= 11 is 6.43. The van der Waals surface area contributed by atoms with E-state index in [-0.39, 0.29) is 23.3 Å². The first-order chi connectivity index (χ1) is 18.5. The number of hydrogen-bond acceptors (Lipinski definition) is 4. The number of nitro groups is 1. The van der Waals surface area contributed by atoms with E-state index in [1.807, 2.05) is 78.9 Å². The molecule has 0 saturated carbocycles. The Labute approximate surface area is 224 Å². The maximum Gasteiger partial charge on any atom is 0.271 e. The van der Waals surface area contributed by atoms with E-state index >= 15 is 0 Å². The number of nitrogens with zero attached hydrogens (tertiary/aromatic N) is 3. The van der Waals surface area contributed by atoms with Crippen molar-refractivity contribution in [1.82, 2.24) is 15.1 Å². The monoisotopic (exact) mass is 522 g/mol. The van der Waals surface area contributed by atoms with E-state index in [0.717, 1.165) is 11.1 Å². The summed E-state index contributed by atoms with van der Waals surface area (Å²) in [5.41, 5.74) is 3.68. The maximum atomic E-state index is 13.8. The van der Waals surface area contributed by atoms with E-state index in [2.05, 4.69) is 10.4 Å². The number of carbonyl (C=O) groups is 1. The lowest BCUT2D eigenvalue weighted by Crippen LogP contribution is -2.31. The van der Waals surface area contributed by atoms with Gasteiger partial charge in [-0.25, -0.2) is 4.68 Å². The van der Waals surface area contributed by atoms with Crippen molar-refractivity contribution in [2.75, 3.05) is 0 Å². The molecule has 1 amide bonds. The van der Waals surface area contributed by atoms with Gasteiger partial charge >= 0.3 is 0 Å². The number of amides is 1. The summed E-state index contributed by atoms with van der Waals surface area (Å²) in [5.74, 6) is -0.368. The number of halogens is 1. The van der Waals surface area contributed by atoms with E-state index in [0.29, 0.717) is 28.4 Å². The number of nitrogens with one attached hydrogen (secondary N) is 1. The molecular weight excluding hydrogens is 500 g/mol. The molecule has 7 nitrogen and oxygen atoms in total. The van der Waals surface area contributed by atoms with Crippen molar-refractivity contribution in [3.05, 3.63) is 147 Å². The maximum absolute atomic E-state index is 13.8. The van der Waals surface area contributed by atoms with Gasteiger partial charge in [-0.3, -0.25) is 14.9 Å². The van der Waals surface area contributed by atoms with Crippen molar-refractivity contribution in [3.63, 3.8) is 0 Å². The minimum Gasteiger partial charge on any atom is -0.344 e. The first-order valence-corrected chi connectivity index (χ1v) is 12.4. The second-order valence-electron chi connectivity index (χ2n) is 8.71. The van der Waals surface area contributed by atoms with Gasteiger partial charge in [-0.1, -0.05) is 96.5 Å². The van der Waals surface area contributed by atoms with E-state index in [1.54, 1.807) is 24.3 Å². The molecule has 0 bridgehead atoms. The highest BCUT2D eigenvalue weighted by molar-refractivity contribution is 6.33. The highest BCUT2D eigenvalue weighted by atomic mass is 35.5. The van der Waals surface area contributed by atoms with Crippen LogP contribution >= 0.6 is 11.6 Å². The number of carbonyl (C=O) groups excluding carboxylic acids is 1. The standard InChI is InChI=1S/C30H23ClN4O3/c31-26-17-8-7-16-25(26)28-20-29(34(33-28)23-14-9-15-24(19-23)35(37)38)30(36)32-27(22-12-5-2-6-13-22)18-21-10-3-1-4-11-21/h1-17,19-20,27H,18H2,(H,32,36). The average molecular weight is 523 g/mol. The fourth-order valence-corrected chi connectivity index (χ4v) is 4.53. The van der Waals surface area contributed by atoms with Crippen molar-refractivity contribution in [2.24, 2.45) is 0 Å².